The summed E-state index contributed by atoms with van der Waals surface area (Å²) in [6, 6.07) is 11.7. The lowest BCUT2D eigenvalue weighted by atomic mass is 10.1. The molecule has 2 nitrogen and oxygen atoms in total. The summed E-state index contributed by atoms with van der Waals surface area (Å²) in [4.78, 5) is 0. The molecule has 0 saturated heterocycles. The summed E-state index contributed by atoms with van der Waals surface area (Å²) in [5.41, 5.74) is 1.38. The Morgan fingerprint density at radius 1 is 0.800 bits per heavy atom. The maximum atomic E-state index is 12.9. The first-order chi connectivity index (χ1) is 7.18. The van der Waals surface area contributed by atoms with E-state index >= 15 is 0 Å². The second-order valence-electron chi connectivity index (χ2n) is 3.19. The predicted octanol–water partition coefficient (Wildman–Crippen LogP) is 2.90. The molecule has 0 atom stereocenters. The first-order valence-corrected chi connectivity index (χ1v) is 4.45. The third-order valence-electron chi connectivity index (χ3n) is 2.14. The number of hydrogen-bond acceptors (Lipinski definition) is 2. The van der Waals surface area contributed by atoms with Gasteiger partial charge in [-0.3, -0.25) is 0 Å². The van der Waals surface area contributed by atoms with Crippen molar-refractivity contribution < 1.29 is 14.6 Å². The fourth-order valence-corrected chi connectivity index (χ4v) is 1.39. The molecule has 0 bridgehead atoms. The SMILES string of the molecule is Oc1cc(-c2ccccc2)cc(O)c1F. The molecule has 2 aromatic carbocycles. The zero-order valence-electron chi connectivity index (χ0n) is 7.81. The van der Waals surface area contributed by atoms with Crippen LogP contribution in [-0.2, 0) is 0 Å². The fourth-order valence-electron chi connectivity index (χ4n) is 1.39. The topological polar surface area (TPSA) is 40.5 Å². The zero-order chi connectivity index (χ0) is 10.8. The summed E-state index contributed by atoms with van der Waals surface area (Å²) in [7, 11) is 0. The Morgan fingerprint density at radius 3 is 1.87 bits per heavy atom. The molecule has 2 N–H and O–H groups in total. The Morgan fingerprint density at radius 2 is 1.33 bits per heavy atom. The quantitative estimate of drug-likeness (QED) is 0.749. The van der Waals surface area contributed by atoms with Crippen LogP contribution in [0.3, 0.4) is 0 Å². The maximum absolute atomic E-state index is 12.9. The molecule has 0 heterocycles. The van der Waals surface area contributed by atoms with E-state index in [0.717, 1.165) is 5.56 Å². The standard InChI is InChI=1S/C12H9FO2/c13-12-10(14)6-9(7-11(12)15)8-4-2-1-3-5-8/h1-7,14-15H. The van der Waals surface area contributed by atoms with Crippen LogP contribution in [0.2, 0.25) is 0 Å². The monoisotopic (exact) mass is 204 g/mol. The number of halogens is 1. The van der Waals surface area contributed by atoms with Gasteiger partial charge >= 0.3 is 0 Å². The van der Waals surface area contributed by atoms with Gasteiger partial charge in [-0.05, 0) is 23.3 Å². The van der Waals surface area contributed by atoms with Crippen LogP contribution in [0.25, 0.3) is 11.1 Å². The van der Waals surface area contributed by atoms with Crippen molar-refractivity contribution in [1.29, 1.82) is 0 Å². The van der Waals surface area contributed by atoms with Gasteiger partial charge in [0.2, 0.25) is 5.82 Å². The van der Waals surface area contributed by atoms with Gasteiger partial charge in [-0.2, -0.15) is 4.39 Å². The molecule has 0 aliphatic heterocycles. The number of phenolic OH excluding ortho intramolecular Hbond substituents is 2. The largest absolute Gasteiger partial charge is 0.505 e. The van der Waals surface area contributed by atoms with E-state index in [4.69, 9.17) is 0 Å². The molecule has 0 amide bonds. The molecule has 3 heteroatoms. The molecule has 0 spiro atoms. The van der Waals surface area contributed by atoms with Crippen LogP contribution in [0.15, 0.2) is 42.5 Å². The molecular weight excluding hydrogens is 195 g/mol. The highest BCUT2D eigenvalue weighted by atomic mass is 19.1. The summed E-state index contributed by atoms with van der Waals surface area (Å²) in [5, 5.41) is 18.4. The molecule has 0 radical (unpaired) electrons. The summed E-state index contributed by atoms with van der Waals surface area (Å²) < 4.78 is 12.9. The third kappa shape index (κ3) is 1.76. The van der Waals surface area contributed by atoms with E-state index in [1.807, 2.05) is 30.3 Å². The van der Waals surface area contributed by atoms with E-state index in [2.05, 4.69) is 0 Å². The number of hydrogen-bond donors (Lipinski definition) is 2. The average molecular weight is 204 g/mol. The highest BCUT2D eigenvalue weighted by Crippen LogP contribution is 2.31. The molecule has 76 valence electrons. The van der Waals surface area contributed by atoms with Gasteiger partial charge in [-0.1, -0.05) is 30.3 Å². The average Bonchev–Trinajstić information content (AvgIpc) is 2.26. The minimum atomic E-state index is -0.991. The smallest absolute Gasteiger partial charge is 0.206 e. The van der Waals surface area contributed by atoms with E-state index in [0.29, 0.717) is 5.56 Å². The normalized spacial score (nSPS) is 10.2. The van der Waals surface area contributed by atoms with Crippen LogP contribution >= 0.6 is 0 Å². The molecular formula is C12H9FO2. The Balaban J connectivity index is 2.56. The van der Waals surface area contributed by atoms with Crippen LogP contribution in [0, 0.1) is 5.82 Å². The van der Waals surface area contributed by atoms with Gasteiger partial charge in [-0.15, -0.1) is 0 Å². The highest BCUT2D eigenvalue weighted by Gasteiger charge is 2.09. The van der Waals surface area contributed by atoms with E-state index in [1.54, 1.807) is 0 Å². The van der Waals surface area contributed by atoms with Crippen molar-refractivity contribution in [2.24, 2.45) is 0 Å². The number of phenols is 2. The van der Waals surface area contributed by atoms with Crippen LogP contribution in [0.1, 0.15) is 0 Å². The molecule has 0 saturated carbocycles. The molecule has 0 aliphatic carbocycles. The van der Waals surface area contributed by atoms with Crippen LogP contribution in [-0.4, -0.2) is 10.2 Å². The Bertz CT molecular complexity index is 457. The van der Waals surface area contributed by atoms with Gasteiger partial charge in [-0.25, -0.2) is 0 Å². The minimum absolute atomic E-state index is 0.547. The molecule has 2 aromatic rings. The Labute approximate surface area is 86.2 Å². The lowest BCUT2D eigenvalue weighted by molar-refractivity contribution is 0.389. The van der Waals surface area contributed by atoms with Crippen LogP contribution in [0.5, 0.6) is 11.5 Å². The van der Waals surface area contributed by atoms with Crippen molar-refractivity contribution in [3.63, 3.8) is 0 Å². The van der Waals surface area contributed by atoms with Crippen molar-refractivity contribution >= 4 is 0 Å². The number of benzene rings is 2. The Kier molecular flexibility index (Phi) is 2.29. The van der Waals surface area contributed by atoms with Gasteiger partial charge < -0.3 is 10.2 Å². The second-order valence-corrected chi connectivity index (χ2v) is 3.19. The highest BCUT2D eigenvalue weighted by molar-refractivity contribution is 5.67. The van der Waals surface area contributed by atoms with Gasteiger partial charge in [0.1, 0.15) is 0 Å². The maximum Gasteiger partial charge on any atom is 0.206 e. The molecule has 15 heavy (non-hydrogen) atoms. The van der Waals surface area contributed by atoms with Crippen molar-refractivity contribution in [2.45, 2.75) is 0 Å². The van der Waals surface area contributed by atoms with Crippen LogP contribution in [0.4, 0.5) is 4.39 Å². The second kappa shape index (κ2) is 3.61. The lowest BCUT2D eigenvalue weighted by Crippen LogP contribution is -1.82. The zero-order valence-corrected chi connectivity index (χ0v) is 7.81. The fraction of sp³-hybridized carbons (Fsp3) is 0. The molecule has 2 rings (SSSR count). The molecule has 0 aliphatic rings. The van der Waals surface area contributed by atoms with Crippen molar-refractivity contribution in [1.82, 2.24) is 0 Å². The van der Waals surface area contributed by atoms with Crippen molar-refractivity contribution in [3.8, 4) is 22.6 Å². The van der Waals surface area contributed by atoms with Gasteiger partial charge in [0, 0.05) is 0 Å². The van der Waals surface area contributed by atoms with E-state index < -0.39 is 17.3 Å². The van der Waals surface area contributed by atoms with Crippen molar-refractivity contribution in [3.05, 3.63) is 48.3 Å². The first kappa shape index (κ1) is 9.52. The molecule has 0 unspecified atom stereocenters. The van der Waals surface area contributed by atoms with Gasteiger partial charge in [0.15, 0.2) is 11.5 Å². The summed E-state index contributed by atoms with van der Waals surface area (Å²) in [5.74, 6) is -2.09. The van der Waals surface area contributed by atoms with E-state index in [9.17, 15) is 14.6 Å². The molecule has 0 fully saturated rings. The number of aromatic hydroxyl groups is 2. The lowest BCUT2D eigenvalue weighted by Gasteiger charge is -2.04. The van der Waals surface area contributed by atoms with Crippen molar-refractivity contribution in [2.75, 3.05) is 0 Å². The Hall–Kier alpha value is -2.03. The third-order valence-corrected chi connectivity index (χ3v) is 2.14. The molecule has 0 aromatic heterocycles. The van der Waals surface area contributed by atoms with Gasteiger partial charge in [0.25, 0.3) is 0 Å². The predicted molar refractivity (Wildman–Crippen MR) is 55.2 cm³/mol. The summed E-state index contributed by atoms with van der Waals surface area (Å²) >= 11 is 0. The number of rotatable bonds is 1. The van der Waals surface area contributed by atoms with Crippen LogP contribution < -0.4 is 0 Å². The summed E-state index contributed by atoms with van der Waals surface area (Å²) in [6.45, 7) is 0. The summed E-state index contributed by atoms with van der Waals surface area (Å²) in [6.07, 6.45) is 0. The van der Waals surface area contributed by atoms with E-state index in [1.165, 1.54) is 12.1 Å². The van der Waals surface area contributed by atoms with Gasteiger partial charge in [0.05, 0.1) is 0 Å². The van der Waals surface area contributed by atoms with E-state index in [-0.39, 0.29) is 0 Å². The minimum Gasteiger partial charge on any atom is -0.505 e. The first-order valence-electron chi connectivity index (χ1n) is 4.45.